The zero-order valence-electron chi connectivity index (χ0n) is 9.88. The van der Waals surface area contributed by atoms with Crippen LogP contribution in [0.3, 0.4) is 0 Å². The van der Waals surface area contributed by atoms with E-state index in [1.807, 2.05) is 19.9 Å². The zero-order valence-corrected chi connectivity index (χ0v) is 9.88. The number of rotatable bonds is 0. The summed E-state index contributed by atoms with van der Waals surface area (Å²) in [5.41, 5.74) is 2.21. The molecule has 0 unspecified atom stereocenters. The highest BCUT2D eigenvalue weighted by molar-refractivity contribution is 5.31. The highest BCUT2D eigenvalue weighted by Crippen LogP contribution is 2.13. The van der Waals surface area contributed by atoms with E-state index >= 15 is 0 Å². The van der Waals surface area contributed by atoms with Crippen LogP contribution in [0.5, 0.6) is 17.2 Å². The molecule has 0 spiro atoms. The van der Waals surface area contributed by atoms with Gasteiger partial charge in [0.15, 0.2) is 0 Å². The SMILES string of the molecule is Cc1cc(C)cc(O)c1.Oc1ccc(O)cc1. The molecular weight excluding hydrogens is 216 g/mol. The van der Waals surface area contributed by atoms with E-state index in [1.54, 1.807) is 12.1 Å². The average molecular weight is 232 g/mol. The molecule has 0 atom stereocenters. The third-order valence-corrected chi connectivity index (χ3v) is 2.06. The first-order valence-electron chi connectivity index (χ1n) is 5.22. The maximum absolute atomic E-state index is 8.99. The quantitative estimate of drug-likeness (QED) is 0.612. The number of aryl methyl sites for hydroxylation is 2. The molecule has 0 aliphatic rings. The predicted molar refractivity (Wildman–Crippen MR) is 67.4 cm³/mol. The van der Waals surface area contributed by atoms with Gasteiger partial charge in [-0.05, 0) is 61.4 Å². The Bertz CT molecular complexity index is 404. The van der Waals surface area contributed by atoms with Crippen LogP contribution in [0.2, 0.25) is 0 Å². The molecule has 2 aromatic rings. The largest absolute Gasteiger partial charge is 0.508 e. The lowest BCUT2D eigenvalue weighted by Crippen LogP contribution is -1.74. The molecule has 0 radical (unpaired) electrons. The fourth-order valence-electron chi connectivity index (χ4n) is 1.40. The molecule has 3 nitrogen and oxygen atoms in total. The zero-order chi connectivity index (χ0) is 12.8. The first kappa shape index (κ1) is 12.9. The summed E-state index contributed by atoms with van der Waals surface area (Å²) >= 11 is 0. The Hall–Kier alpha value is -2.16. The Labute approximate surface area is 101 Å². The monoisotopic (exact) mass is 232 g/mol. The van der Waals surface area contributed by atoms with Gasteiger partial charge in [-0.2, -0.15) is 0 Å². The molecule has 3 heteroatoms. The number of aromatic hydroxyl groups is 3. The first-order valence-corrected chi connectivity index (χ1v) is 5.22. The topological polar surface area (TPSA) is 60.7 Å². The minimum Gasteiger partial charge on any atom is -0.508 e. The van der Waals surface area contributed by atoms with Gasteiger partial charge in [0.25, 0.3) is 0 Å². The van der Waals surface area contributed by atoms with E-state index in [0.717, 1.165) is 11.1 Å². The van der Waals surface area contributed by atoms with Crippen LogP contribution in [0.1, 0.15) is 11.1 Å². The van der Waals surface area contributed by atoms with Crippen LogP contribution in [0, 0.1) is 13.8 Å². The minimum absolute atomic E-state index is 0.169. The lowest BCUT2D eigenvalue weighted by atomic mass is 10.1. The van der Waals surface area contributed by atoms with Gasteiger partial charge in [-0.15, -0.1) is 0 Å². The highest BCUT2D eigenvalue weighted by Gasteiger charge is 1.89. The second kappa shape index (κ2) is 5.80. The second-order valence-corrected chi connectivity index (χ2v) is 3.86. The smallest absolute Gasteiger partial charge is 0.116 e. The summed E-state index contributed by atoms with van der Waals surface area (Å²) in [4.78, 5) is 0. The number of hydrogen-bond donors (Lipinski definition) is 3. The molecule has 90 valence electrons. The van der Waals surface area contributed by atoms with Crippen LogP contribution in [-0.2, 0) is 0 Å². The van der Waals surface area contributed by atoms with Gasteiger partial charge in [0, 0.05) is 0 Å². The highest BCUT2D eigenvalue weighted by atomic mass is 16.3. The Morgan fingerprint density at radius 1 is 0.588 bits per heavy atom. The number of benzene rings is 2. The van der Waals surface area contributed by atoms with E-state index in [4.69, 9.17) is 15.3 Å². The lowest BCUT2D eigenvalue weighted by molar-refractivity contribution is 0.460. The van der Waals surface area contributed by atoms with Crippen molar-refractivity contribution in [1.29, 1.82) is 0 Å². The number of phenolic OH excluding ortho intramolecular Hbond substituents is 3. The van der Waals surface area contributed by atoms with Crippen molar-refractivity contribution in [2.75, 3.05) is 0 Å². The van der Waals surface area contributed by atoms with Gasteiger partial charge >= 0.3 is 0 Å². The summed E-state index contributed by atoms with van der Waals surface area (Å²) in [6, 6.07) is 11.2. The van der Waals surface area contributed by atoms with Gasteiger partial charge < -0.3 is 15.3 Å². The fourth-order valence-corrected chi connectivity index (χ4v) is 1.40. The van der Waals surface area contributed by atoms with Gasteiger partial charge in [0.05, 0.1) is 0 Å². The van der Waals surface area contributed by atoms with Gasteiger partial charge in [-0.1, -0.05) is 6.07 Å². The van der Waals surface area contributed by atoms with E-state index < -0.39 is 0 Å². The van der Waals surface area contributed by atoms with Gasteiger partial charge in [-0.25, -0.2) is 0 Å². The summed E-state index contributed by atoms with van der Waals surface area (Å²) in [6.07, 6.45) is 0. The molecule has 0 aliphatic heterocycles. The summed E-state index contributed by atoms with van der Waals surface area (Å²) in [7, 11) is 0. The Morgan fingerprint density at radius 2 is 0.941 bits per heavy atom. The average Bonchev–Trinajstić information content (AvgIpc) is 2.21. The Morgan fingerprint density at radius 3 is 1.24 bits per heavy atom. The van der Waals surface area contributed by atoms with Crippen molar-refractivity contribution in [2.24, 2.45) is 0 Å². The van der Waals surface area contributed by atoms with E-state index in [2.05, 4.69) is 0 Å². The Balaban J connectivity index is 0.000000171. The molecule has 0 bridgehead atoms. The van der Waals surface area contributed by atoms with Gasteiger partial charge in [-0.3, -0.25) is 0 Å². The van der Waals surface area contributed by atoms with E-state index in [1.165, 1.54) is 24.3 Å². The van der Waals surface area contributed by atoms with Crippen molar-refractivity contribution in [3.8, 4) is 17.2 Å². The van der Waals surface area contributed by atoms with Crippen LogP contribution in [0.25, 0.3) is 0 Å². The summed E-state index contributed by atoms with van der Waals surface area (Å²) in [6.45, 7) is 3.93. The van der Waals surface area contributed by atoms with E-state index in [9.17, 15) is 0 Å². The summed E-state index contributed by atoms with van der Waals surface area (Å²) in [5.74, 6) is 0.693. The maximum atomic E-state index is 8.99. The molecule has 0 saturated heterocycles. The molecular formula is C14H16O3. The first-order chi connectivity index (χ1) is 7.97. The van der Waals surface area contributed by atoms with Gasteiger partial charge in [0.1, 0.15) is 17.2 Å². The molecule has 2 rings (SSSR count). The van der Waals surface area contributed by atoms with Crippen LogP contribution >= 0.6 is 0 Å². The predicted octanol–water partition coefficient (Wildman–Crippen LogP) is 3.11. The number of hydrogen-bond acceptors (Lipinski definition) is 3. The molecule has 0 amide bonds. The minimum atomic E-state index is 0.169. The normalized spacial score (nSPS) is 9.29. The number of phenols is 3. The second-order valence-electron chi connectivity index (χ2n) is 3.86. The molecule has 2 aromatic carbocycles. The lowest BCUT2D eigenvalue weighted by Gasteiger charge is -1.95. The standard InChI is InChI=1S/C8H10O.C6H6O2/c1-6-3-7(2)5-8(9)4-6;7-5-1-2-6(8)4-3-5/h3-5,9H,1-2H3;1-4,7-8H. The van der Waals surface area contributed by atoms with Crippen molar-refractivity contribution in [3.63, 3.8) is 0 Å². The molecule has 0 aliphatic carbocycles. The molecule has 0 aromatic heterocycles. The third kappa shape index (κ3) is 4.93. The van der Waals surface area contributed by atoms with Crippen LogP contribution in [0.4, 0.5) is 0 Å². The summed E-state index contributed by atoms with van der Waals surface area (Å²) < 4.78 is 0. The fraction of sp³-hybridized carbons (Fsp3) is 0.143. The van der Waals surface area contributed by atoms with Crippen molar-refractivity contribution in [2.45, 2.75) is 13.8 Å². The van der Waals surface area contributed by atoms with Crippen LogP contribution < -0.4 is 0 Å². The molecule has 0 heterocycles. The van der Waals surface area contributed by atoms with Crippen molar-refractivity contribution < 1.29 is 15.3 Å². The van der Waals surface area contributed by atoms with Crippen LogP contribution in [0.15, 0.2) is 42.5 Å². The third-order valence-electron chi connectivity index (χ3n) is 2.06. The van der Waals surface area contributed by atoms with E-state index in [-0.39, 0.29) is 11.5 Å². The summed E-state index contributed by atoms with van der Waals surface area (Å²) in [5, 5.41) is 26.3. The Kier molecular flexibility index (Phi) is 4.40. The van der Waals surface area contributed by atoms with E-state index in [0.29, 0.717) is 5.75 Å². The molecule has 17 heavy (non-hydrogen) atoms. The maximum Gasteiger partial charge on any atom is 0.116 e. The molecule has 0 saturated carbocycles. The van der Waals surface area contributed by atoms with Crippen molar-refractivity contribution >= 4 is 0 Å². The van der Waals surface area contributed by atoms with Crippen molar-refractivity contribution in [3.05, 3.63) is 53.6 Å². The molecule has 0 fully saturated rings. The molecule has 3 N–H and O–H groups in total. The van der Waals surface area contributed by atoms with Crippen molar-refractivity contribution in [1.82, 2.24) is 0 Å². The van der Waals surface area contributed by atoms with Crippen LogP contribution in [-0.4, -0.2) is 15.3 Å². The van der Waals surface area contributed by atoms with Gasteiger partial charge in [0.2, 0.25) is 0 Å².